The molecule has 22 heavy (non-hydrogen) atoms. The zero-order chi connectivity index (χ0) is 14.9. The van der Waals surface area contributed by atoms with E-state index in [9.17, 15) is 0 Å². The Morgan fingerprint density at radius 1 is 1.00 bits per heavy atom. The molecule has 0 unspecified atom stereocenters. The number of nitrogens with zero attached hydrogens (tertiary/aromatic N) is 2. The van der Waals surface area contributed by atoms with Crippen molar-refractivity contribution in [2.75, 3.05) is 23.3 Å². The highest BCUT2D eigenvalue weighted by atomic mass is 15.2. The van der Waals surface area contributed by atoms with Gasteiger partial charge < -0.3 is 10.2 Å². The maximum Gasteiger partial charge on any atom is 0.136 e. The van der Waals surface area contributed by atoms with Gasteiger partial charge in [-0.15, -0.1) is 0 Å². The van der Waals surface area contributed by atoms with E-state index < -0.39 is 0 Å². The van der Waals surface area contributed by atoms with E-state index in [0.717, 1.165) is 18.8 Å². The van der Waals surface area contributed by atoms with E-state index in [2.05, 4.69) is 41.4 Å². The second kappa shape index (κ2) is 5.79. The lowest BCUT2D eigenvalue weighted by atomic mass is 10.1. The van der Waals surface area contributed by atoms with Crippen LogP contribution in [0.5, 0.6) is 0 Å². The van der Waals surface area contributed by atoms with Crippen LogP contribution in [0, 0.1) is 6.92 Å². The number of aromatic nitrogens is 1. The quantitative estimate of drug-likeness (QED) is 0.903. The van der Waals surface area contributed by atoms with Gasteiger partial charge in [0, 0.05) is 29.9 Å². The highest BCUT2D eigenvalue weighted by Gasteiger charge is 2.21. The number of hydrogen-bond acceptors (Lipinski definition) is 3. The molecule has 3 heteroatoms. The van der Waals surface area contributed by atoms with Gasteiger partial charge in [0.2, 0.25) is 0 Å². The standard InChI is InChI=1S/C19H25N3/c1-14-18(21-15-8-2-3-9-15)16-10-4-5-11-17(16)19(20-14)22-12-6-7-13-22/h4-5,10-11,15,21H,2-3,6-9,12-13H2,1H3. The predicted octanol–water partition coefficient (Wildman–Crippen LogP) is 4.50. The summed E-state index contributed by atoms with van der Waals surface area (Å²) in [6.07, 6.45) is 7.87. The molecule has 1 N–H and O–H groups in total. The zero-order valence-electron chi connectivity index (χ0n) is 13.4. The fourth-order valence-electron chi connectivity index (χ4n) is 3.99. The number of hydrogen-bond donors (Lipinski definition) is 1. The number of fused-ring (bicyclic) bond motifs is 1. The Labute approximate surface area is 132 Å². The van der Waals surface area contributed by atoms with E-state index in [1.165, 1.54) is 60.8 Å². The summed E-state index contributed by atoms with van der Waals surface area (Å²) in [6, 6.07) is 9.39. The molecule has 116 valence electrons. The van der Waals surface area contributed by atoms with Crippen LogP contribution in [0.3, 0.4) is 0 Å². The monoisotopic (exact) mass is 295 g/mol. The first-order valence-electron chi connectivity index (χ1n) is 8.74. The van der Waals surface area contributed by atoms with Gasteiger partial charge in [0.1, 0.15) is 5.82 Å². The van der Waals surface area contributed by atoms with Crippen molar-refractivity contribution in [1.82, 2.24) is 4.98 Å². The number of aryl methyl sites for hydroxylation is 1. The SMILES string of the molecule is Cc1nc(N2CCCC2)c2ccccc2c1NC1CCCC1. The van der Waals surface area contributed by atoms with Gasteiger partial charge in [-0.1, -0.05) is 37.1 Å². The number of anilines is 2. The van der Waals surface area contributed by atoms with Crippen LogP contribution >= 0.6 is 0 Å². The van der Waals surface area contributed by atoms with Crippen LogP contribution in [0.25, 0.3) is 10.8 Å². The molecule has 2 fully saturated rings. The van der Waals surface area contributed by atoms with Crippen LogP contribution in [0.4, 0.5) is 11.5 Å². The van der Waals surface area contributed by atoms with Crippen LogP contribution in [0.15, 0.2) is 24.3 Å². The molecule has 0 atom stereocenters. The van der Waals surface area contributed by atoms with Crippen molar-refractivity contribution in [3.05, 3.63) is 30.0 Å². The maximum atomic E-state index is 4.99. The summed E-state index contributed by atoms with van der Waals surface area (Å²) in [4.78, 5) is 7.44. The molecule has 4 rings (SSSR count). The molecule has 0 bridgehead atoms. The highest BCUT2D eigenvalue weighted by molar-refractivity contribution is 6.01. The molecule has 0 radical (unpaired) electrons. The molecule has 2 aliphatic rings. The lowest BCUT2D eigenvalue weighted by Gasteiger charge is -2.23. The molecule has 2 heterocycles. The topological polar surface area (TPSA) is 28.2 Å². The summed E-state index contributed by atoms with van der Waals surface area (Å²) < 4.78 is 0. The van der Waals surface area contributed by atoms with Crippen LogP contribution in [0.2, 0.25) is 0 Å². The average Bonchev–Trinajstić information content (AvgIpc) is 3.23. The Hall–Kier alpha value is -1.77. The van der Waals surface area contributed by atoms with E-state index >= 15 is 0 Å². The van der Waals surface area contributed by atoms with Gasteiger partial charge >= 0.3 is 0 Å². The fraction of sp³-hybridized carbons (Fsp3) is 0.526. The number of rotatable bonds is 3. The van der Waals surface area contributed by atoms with E-state index in [0.29, 0.717) is 6.04 Å². The van der Waals surface area contributed by atoms with Gasteiger partial charge in [0.05, 0.1) is 11.4 Å². The van der Waals surface area contributed by atoms with Crippen molar-refractivity contribution >= 4 is 22.3 Å². The fourth-order valence-corrected chi connectivity index (χ4v) is 3.99. The van der Waals surface area contributed by atoms with Crippen molar-refractivity contribution in [2.24, 2.45) is 0 Å². The van der Waals surface area contributed by atoms with Gasteiger partial charge in [0.25, 0.3) is 0 Å². The van der Waals surface area contributed by atoms with Crippen molar-refractivity contribution in [3.63, 3.8) is 0 Å². The Morgan fingerprint density at radius 3 is 2.41 bits per heavy atom. The third-order valence-corrected chi connectivity index (χ3v) is 5.18. The molecule has 1 aromatic heterocycles. The maximum absolute atomic E-state index is 4.99. The number of nitrogens with one attached hydrogen (secondary N) is 1. The zero-order valence-corrected chi connectivity index (χ0v) is 13.4. The first-order chi connectivity index (χ1) is 10.8. The number of pyridine rings is 1. The van der Waals surface area contributed by atoms with E-state index in [1.807, 2.05) is 0 Å². The van der Waals surface area contributed by atoms with E-state index in [-0.39, 0.29) is 0 Å². The third-order valence-electron chi connectivity index (χ3n) is 5.18. The number of benzene rings is 1. The lowest BCUT2D eigenvalue weighted by Crippen LogP contribution is -2.21. The minimum Gasteiger partial charge on any atom is -0.380 e. The molecule has 0 amide bonds. The Morgan fingerprint density at radius 2 is 1.68 bits per heavy atom. The smallest absolute Gasteiger partial charge is 0.136 e. The molecule has 3 nitrogen and oxygen atoms in total. The predicted molar refractivity (Wildman–Crippen MR) is 93.8 cm³/mol. The molecule has 0 spiro atoms. The lowest BCUT2D eigenvalue weighted by molar-refractivity contribution is 0.754. The third kappa shape index (κ3) is 2.43. The largest absolute Gasteiger partial charge is 0.380 e. The first kappa shape index (κ1) is 13.9. The van der Waals surface area contributed by atoms with Crippen LogP contribution in [0.1, 0.15) is 44.2 Å². The van der Waals surface area contributed by atoms with Crippen molar-refractivity contribution in [3.8, 4) is 0 Å². The van der Waals surface area contributed by atoms with Gasteiger partial charge in [-0.2, -0.15) is 0 Å². The molecule has 1 aliphatic heterocycles. The molecule has 1 saturated carbocycles. The molecule has 1 aromatic carbocycles. The summed E-state index contributed by atoms with van der Waals surface area (Å²) in [5.41, 5.74) is 2.40. The van der Waals surface area contributed by atoms with Gasteiger partial charge in [-0.25, -0.2) is 4.98 Å². The van der Waals surface area contributed by atoms with Crippen LogP contribution < -0.4 is 10.2 Å². The summed E-state index contributed by atoms with van der Waals surface area (Å²) in [6.45, 7) is 4.45. The van der Waals surface area contributed by atoms with Crippen molar-refractivity contribution in [1.29, 1.82) is 0 Å². The van der Waals surface area contributed by atoms with E-state index in [1.54, 1.807) is 0 Å². The summed E-state index contributed by atoms with van der Waals surface area (Å²) in [5, 5.41) is 6.43. The Kier molecular flexibility index (Phi) is 3.65. The highest BCUT2D eigenvalue weighted by Crippen LogP contribution is 2.35. The second-order valence-electron chi connectivity index (χ2n) is 6.76. The van der Waals surface area contributed by atoms with Crippen molar-refractivity contribution in [2.45, 2.75) is 51.5 Å². The minimum absolute atomic E-state index is 0.626. The molecular weight excluding hydrogens is 270 g/mol. The summed E-state index contributed by atoms with van der Waals surface area (Å²) >= 11 is 0. The Bertz CT molecular complexity index is 668. The van der Waals surface area contributed by atoms with Crippen LogP contribution in [-0.2, 0) is 0 Å². The molecule has 1 aliphatic carbocycles. The normalized spacial score (nSPS) is 19.2. The van der Waals surface area contributed by atoms with Gasteiger partial charge in [0.15, 0.2) is 0 Å². The molecular formula is C19H25N3. The van der Waals surface area contributed by atoms with Gasteiger partial charge in [-0.05, 0) is 32.6 Å². The average molecular weight is 295 g/mol. The first-order valence-corrected chi connectivity index (χ1v) is 8.74. The molecule has 1 saturated heterocycles. The van der Waals surface area contributed by atoms with E-state index in [4.69, 9.17) is 4.98 Å². The summed E-state index contributed by atoms with van der Waals surface area (Å²) in [5.74, 6) is 1.18. The Balaban J connectivity index is 1.80. The second-order valence-corrected chi connectivity index (χ2v) is 6.76. The minimum atomic E-state index is 0.626. The summed E-state index contributed by atoms with van der Waals surface area (Å²) in [7, 11) is 0. The van der Waals surface area contributed by atoms with Crippen molar-refractivity contribution < 1.29 is 0 Å². The van der Waals surface area contributed by atoms with Crippen LogP contribution in [-0.4, -0.2) is 24.1 Å². The molecule has 2 aromatic rings. The van der Waals surface area contributed by atoms with Gasteiger partial charge in [-0.3, -0.25) is 0 Å².